The van der Waals surface area contributed by atoms with E-state index in [2.05, 4.69) is 31.7 Å². The Morgan fingerprint density at radius 1 is 1.29 bits per heavy atom. The van der Waals surface area contributed by atoms with Gasteiger partial charge in [0.25, 0.3) is 0 Å². The number of nitrogens with two attached hydrogens (primary N) is 1. The van der Waals surface area contributed by atoms with E-state index in [1.807, 2.05) is 12.1 Å². The van der Waals surface area contributed by atoms with Gasteiger partial charge in [0.15, 0.2) is 0 Å². The minimum atomic E-state index is 0.327. The van der Waals surface area contributed by atoms with Crippen LogP contribution in [0.4, 0.5) is 0 Å². The average Bonchev–Trinajstić information content (AvgIpc) is 2.68. The van der Waals surface area contributed by atoms with Crippen LogP contribution in [-0.2, 0) is 0 Å². The monoisotopic (exact) mass is 308 g/mol. The summed E-state index contributed by atoms with van der Waals surface area (Å²) in [5.74, 6) is 1.65. The van der Waals surface area contributed by atoms with Gasteiger partial charge in [-0.3, -0.25) is 4.90 Å². The van der Waals surface area contributed by atoms with Gasteiger partial charge in [-0.2, -0.15) is 0 Å². The molecule has 1 aliphatic heterocycles. The molecule has 1 aromatic rings. The maximum absolute atomic E-state index is 6.11. The van der Waals surface area contributed by atoms with Crippen molar-refractivity contribution in [3.63, 3.8) is 0 Å². The van der Waals surface area contributed by atoms with Gasteiger partial charge in [-0.1, -0.05) is 31.5 Å². The second-order valence-corrected chi connectivity index (χ2v) is 7.16. The maximum Gasteiger partial charge on any atom is 0.0473 e. The third-order valence-electron chi connectivity index (χ3n) is 5.01. The van der Waals surface area contributed by atoms with Gasteiger partial charge in [-0.25, -0.2) is 0 Å². The molecule has 2 rings (SSSR count). The third-order valence-corrected chi connectivity index (χ3v) is 5.24. The molecule has 2 N–H and O–H groups in total. The number of likely N-dealkylation sites (tertiary alicyclic amines) is 1. The smallest absolute Gasteiger partial charge is 0.0473 e. The van der Waals surface area contributed by atoms with E-state index in [9.17, 15) is 0 Å². The molecular weight excluding hydrogens is 280 g/mol. The van der Waals surface area contributed by atoms with E-state index in [0.29, 0.717) is 12.6 Å². The summed E-state index contributed by atoms with van der Waals surface area (Å²) in [5, 5.41) is 0.808. The molecule has 2 nitrogen and oxygen atoms in total. The summed E-state index contributed by atoms with van der Waals surface area (Å²) in [6.45, 7) is 9.83. The molecule has 0 bridgehead atoms. The highest BCUT2D eigenvalue weighted by molar-refractivity contribution is 6.30. The highest BCUT2D eigenvalue weighted by atomic mass is 35.5. The van der Waals surface area contributed by atoms with E-state index >= 15 is 0 Å². The number of nitrogens with zero attached hydrogens (tertiary/aromatic N) is 1. The van der Waals surface area contributed by atoms with Gasteiger partial charge in [-0.15, -0.1) is 0 Å². The fourth-order valence-electron chi connectivity index (χ4n) is 3.61. The minimum absolute atomic E-state index is 0.327. The number of rotatable bonds is 4. The molecule has 1 aliphatic rings. The van der Waals surface area contributed by atoms with Crippen LogP contribution in [0.1, 0.15) is 50.3 Å². The molecule has 3 heteroatoms. The normalized spacial score (nSPS) is 22.3. The van der Waals surface area contributed by atoms with Crippen molar-refractivity contribution in [3.05, 3.63) is 34.3 Å². The maximum atomic E-state index is 6.11. The van der Waals surface area contributed by atoms with E-state index < -0.39 is 0 Å². The molecule has 21 heavy (non-hydrogen) atoms. The lowest BCUT2D eigenvalue weighted by molar-refractivity contribution is 0.203. The predicted molar refractivity (Wildman–Crippen MR) is 91.7 cm³/mol. The fourth-order valence-corrected chi connectivity index (χ4v) is 3.84. The second-order valence-electron chi connectivity index (χ2n) is 6.72. The molecule has 1 fully saturated rings. The molecule has 0 amide bonds. The SMILES string of the molecule is Cc1cc(Cl)ccc1C(CN)N1CCCC(C(C)C)CC1. The fraction of sp³-hybridized carbons (Fsp3) is 0.667. The molecule has 2 atom stereocenters. The first-order valence-corrected chi connectivity index (χ1v) is 8.61. The number of halogens is 1. The summed E-state index contributed by atoms with van der Waals surface area (Å²) in [4.78, 5) is 2.58. The summed E-state index contributed by atoms with van der Waals surface area (Å²) >= 11 is 6.09. The van der Waals surface area contributed by atoms with Gasteiger partial charge in [0.05, 0.1) is 0 Å². The molecule has 0 aromatic heterocycles. The predicted octanol–water partition coefficient (Wildman–Crippen LogP) is 4.41. The van der Waals surface area contributed by atoms with Crippen molar-refractivity contribution in [2.24, 2.45) is 17.6 Å². The zero-order valence-electron chi connectivity index (χ0n) is 13.6. The van der Waals surface area contributed by atoms with Crippen LogP contribution in [0.3, 0.4) is 0 Å². The number of hydrogen-bond acceptors (Lipinski definition) is 2. The number of benzene rings is 1. The Bertz CT molecular complexity index is 459. The standard InChI is InChI=1S/C18H29ClN2/c1-13(2)15-5-4-9-21(10-8-15)18(12-20)17-7-6-16(19)11-14(17)3/h6-7,11,13,15,18H,4-5,8-10,12,20H2,1-3H3. The van der Waals surface area contributed by atoms with Crippen LogP contribution in [-0.4, -0.2) is 24.5 Å². The summed E-state index contributed by atoms with van der Waals surface area (Å²) in [6, 6.07) is 6.52. The topological polar surface area (TPSA) is 29.3 Å². The zero-order chi connectivity index (χ0) is 15.4. The van der Waals surface area contributed by atoms with Crippen molar-refractivity contribution in [2.45, 2.75) is 46.1 Å². The average molecular weight is 309 g/mol. The Hall–Kier alpha value is -0.570. The summed E-state index contributed by atoms with van der Waals surface area (Å²) in [7, 11) is 0. The summed E-state index contributed by atoms with van der Waals surface area (Å²) in [5.41, 5.74) is 8.70. The Labute approximate surface area is 134 Å². The molecule has 0 radical (unpaired) electrons. The molecule has 2 unspecified atom stereocenters. The van der Waals surface area contributed by atoms with Crippen molar-refractivity contribution in [1.29, 1.82) is 0 Å². The van der Waals surface area contributed by atoms with Crippen LogP contribution in [0.5, 0.6) is 0 Å². The van der Waals surface area contributed by atoms with Crippen LogP contribution in [0.2, 0.25) is 5.02 Å². The molecule has 1 saturated heterocycles. The Morgan fingerprint density at radius 3 is 2.67 bits per heavy atom. The van der Waals surface area contributed by atoms with Crippen molar-refractivity contribution in [2.75, 3.05) is 19.6 Å². The van der Waals surface area contributed by atoms with Gasteiger partial charge in [0.2, 0.25) is 0 Å². The van der Waals surface area contributed by atoms with Gasteiger partial charge < -0.3 is 5.73 Å². The first kappa shape index (κ1) is 16.8. The molecule has 0 spiro atoms. The first-order valence-electron chi connectivity index (χ1n) is 8.23. The zero-order valence-corrected chi connectivity index (χ0v) is 14.4. The highest BCUT2D eigenvalue weighted by Crippen LogP contribution is 2.30. The summed E-state index contributed by atoms with van der Waals surface area (Å²) < 4.78 is 0. The van der Waals surface area contributed by atoms with Gasteiger partial charge >= 0.3 is 0 Å². The van der Waals surface area contributed by atoms with Gasteiger partial charge in [-0.05, 0) is 74.4 Å². The number of hydrogen-bond donors (Lipinski definition) is 1. The lowest BCUT2D eigenvalue weighted by Gasteiger charge is -2.31. The Balaban J connectivity index is 2.13. The van der Waals surface area contributed by atoms with Crippen molar-refractivity contribution >= 4 is 11.6 Å². The third kappa shape index (κ3) is 4.21. The quantitative estimate of drug-likeness (QED) is 0.893. The lowest BCUT2D eigenvalue weighted by atomic mass is 9.89. The second kappa shape index (κ2) is 7.62. The first-order chi connectivity index (χ1) is 10.0. The largest absolute Gasteiger partial charge is 0.329 e. The van der Waals surface area contributed by atoms with Crippen LogP contribution in [0.25, 0.3) is 0 Å². The van der Waals surface area contributed by atoms with Crippen LogP contribution in [0, 0.1) is 18.8 Å². The van der Waals surface area contributed by atoms with E-state index in [1.165, 1.54) is 30.4 Å². The molecule has 1 aromatic carbocycles. The van der Waals surface area contributed by atoms with Crippen LogP contribution < -0.4 is 5.73 Å². The minimum Gasteiger partial charge on any atom is -0.329 e. The van der Waals surface area contributed by atoms with Gasteiger partial charge in [0, 0.05) is 17.6 Å². The summed E-state index contributed by atoms with van der Waals surface area (Å²) in [6.07, 6.45) is 3.93. The highest BCUT2D eigenvalue weighted by Gasteiger charge is 2.25. The number of aryl methyl sites for hydroxylation is 1. The Kier molecular flexibility index (Phi) is 6.09. The van der Waals surface area contributed by atoms with E-state index in [4.69, 9.17) is 17.3 Å². The van der Waals surface area contributed by atoms with Crippen molar-refractivity contribution < 1.29 is 0 Å². The van der Waals surface area contributed by atoms with Crippen molar-refractivity contribution in [1.82, 2.24) is 4.90 Å². The lowest BCUT2D eigenvalue weighted by Crippen LogP contribution is -2.35. The van der Waals surface area contributed by atoms with Crippen LogP contribution in [0.15, 0.2) is 18.2 Å². The van der Waals surface area contributed by atoms with Crippen molar-refractivity contribution in [3.8, 4) is 0 Å². The molecule has 118 valence electrons. The Morgan fingerprint density at radius 2 is 2.05 bits per heavy atom. The van der Waals surface area contributed by atoms with Gasteiger partial charge in [0.1, 0.15) is 0 Å². The molecule has 0 saturated carbocycles. The molecule has 1 heterocycles. The van der Waals surface area contributed by atoms with Crippen LogP contribution >= 0.6 is 11.6 Å². The molecule has 0 aliphatic carbocycles. The molecular formula is C18H29ClN2. The van der Waals surface area contributed by atoms with E-state index in [0.717, 1.165) is 29.9 Å². The van der Waals surface area contributed by atoms with E-state index in [1.54, 1.807) is 0 Å². The van der Waals surface area contributed by atoms with E-state index in [-0.39, 0.29) is 0 Å².